The van der Waals surface area contributed by atoms with Crippen molar-refractivity contribution in [3.8, 4) is 0 Å². The van der Waals surface area contributed by atoms with E-state index in [1.807, 2.05) is 29.7 Å². The average Bonchev–Trinajstić information content (AvgIpc) is 3.01. The number of hydrogen-bond acceptors (Lipinski definition) is 5. The van der Waals surface area contributed by atoms with Crippen molar-refractivity contribution in [1.29, 1.82) is 0 Å². The number of amides is 3. The van der Waals surface area contributed by atoms with Gasteiger partial charge >= 0.3 is 6.09 Å². The van der Waals surface area contributed by atoms with E-state index in [2.05, 4.69) is 15.6 Å². The smallest absolute Gasteiger partial charge is 0.408 e. The summed E-state index contributed by atoms with van der Waals surface area (Å²) in [6.07, 6.45) is 1.28. The predicted octanol–water partition coefficient (Wildman–Crippen LogP) is 1.10. The third-order valence-electron chi connectivity index (χ3n) is 4.00. The topological polar surface area (TPSA) is 138 Å². The van der Waals surface area contributed by atoms with Crippen LogP contribution in [0.15, 0.2) is 30.5 Å². The van der Waals surface area contributed by atoms with Gasteiger partial charge in [0.1, 0.15) is 17.7 Å². The van der Waals surface area contributed by atoms with Gasteiger partial charge in [-0.3, -0.25) is 15.0 Å². The second kappa shape index (κ2) is 8.75. The van der Waals surface area contributed by atoms with E-state index in [1.54, 1.807) is 27.0 Å². The molecule has 0 fully saturated rings. The Kier molecular flexibility index (Phi) is 6.63. The molecule has 0 aliphatic carbocycles. The maximum atomic E-state index is 12.7. The molecule has 0 radical (unpaired) electrons. The van der Waals surface area contributed by atoms with E-state index < -0.39 is 35.6 Å². The first-order valence-corrected chi connectivity index (χ1v) is 8.96. The molecule has 0 saturated carbocycles. The van der Waals surface area contributed by atoms with Gasteiger partial charge in [-0.25, -0.2) is 10.6 Å². The van der Waals surface area contributed by atoms with Crippen molar-refractivity contribution in [2.24, 2.45) is 5.84 Å². The first kappa shape index (κ1) is 21.2. The van der Waals surface area contributed by atoms with E-state index >= 15 is 0 Å². The number of hydrogen-bond donors (Lipinski definition) is 5. The highest BCUT2D eigenvalue weighted by Gasteiger charge is 2.27. The van der Waals surface area contributed by atoms with E-state index in [4.69, 9.17) is 10.6 Å². The molecule has 0 bridgehead atoms. The molecule has 1 aromatic heterocycles. The molecular weight excluding hydrogens is 362 g/mol. The van der Waals surface area contributed by atoms with Gasteiger partial charge in [0.05, 0.1) is 0 Å². The maximum absolute atomic E-state index is 12.7. The second-order valence-corrected chi connectivity index (χ2v) is 7.50. The Balaban J connectivity index is 2.21. The third kappa shape index (κ3) is 5.71. The molecule has 2 aromatic rings. The molecule has 0 spiro atoms. The SMILES string of the molecule is C[C@H](NC(=O)[C@@H](Cc1c[nH]c2ccccc12)NC(=O)OC(C)(C)C)C(=O)NN. The zero-order chi connectivity index (χ0) is 20.9. The van der Waals surface area contributed by atoms with E-state index in [-0.39, 0.29) is 6.42 Å². The molecule has 9 nitrogen and oxygen atoms in total. The predicted molar refractivity (Wildman–Crippen MR) is 105 cm³/mol. The molecule has 3 amide bonds. The standard InChI is InChI=1S/C19H27N5O4/c1-11(16(25)24-20)22-17(26)15(23-18(27)28-19(2,3)4)9-12-10-21-14-8-6-5-7-13(12)14/h5-8,10-11,15,21H,9,20H2,1-4H3,(H,22,26)(H,23,27)(H,24,25)/t11-,15+/m0/s1. The zero-order valence-corrected chi connectivity index (χ0v) is 16.5. The minimum absolute atomic E-state index is 0.214. The van der Waals surface area contributed by atoms with E-state index in [9.17, 15) is 14.4 Å². The second-order valence-electron chi connectivity index (χ2n) is 7.50. The fourth-order valence-electron chi connectivity index (χ4n) is 2.68. The van der Waals surface area contributed by atoms with Crippen LogP contribution in [-0.4, -0.2) is 40.6 Å². The Morgan fingerprint density at radius 1 is 1.14 bits per heavy atom. The molecule has 1 heterocycles. The highest BCUT2D eigenvalue weighted by atomic mass is 16.6. The summed E-state index contributed by atoms with van der Waals surface area (Å²) in [5, 5.41) is 6.08. The first-order valence-electron chi connectivity index (χ1n) is 8.96. The van der Waals surface area contributed by atoms with Gasteiger partial charge in [-0.05, 0) is 39.3 Å². The van der Waals surface area contributed by atoms with E-state index in [1.165, 1.54) is 6.92 Å². The molecule has 2 atom stereocenters. The molecule has 1 aromatic carbocycles. The Labute approximate surface area is 163 Å². The number of fused-ring (bicyclic) bond motifs is 1. The van der Waals surface area contributed by atoms with Crippen molar-refractivity contribution in [2.45, 2.75) is 51.8 Å². The molecule has 152 valence electrons. The van der Waals surface area contributed by atoms with Gasteiger partial charge in [0.15, 0.2) is 0 Å². The van der Waals surface area contributed by atoms with Gasteiger partial charge in [-0.1, -0.05) is 18.2 Å². The van der Waals surface area contributed by atoms with Crippen molar-refractivity contribution in [1.82, 2.24) is 21.0 Å². The number of carbonyl (C=O) groups excluding carboxylic acids is 3. The lowest BCUT2D eigenvalue weighted by molar-refractivity contribution is -0.129. The number of carbonyl (C=O) groups is 3. The van der Waals surface area contributed by atoms with Crippen LogP contribution >= 0.6 is 0 Å². The molecule has 28 heavy (non-hydrogen) atoms. The molecule has 2 rings (SSSR count). The summed E-state index contributed by atoms with van der Waals surface area (Å²) in [5.41, 5.74) is 3.04. The van der Waals surface area contributed by atoms with Crippen LogP contribution < -0.4 is 21.9 Å². The molecule has 0 aliphatic heterocycles. The van der Waals surface area contributed by atoms with Gasteiger partial charge < -0.3 is 20.4 Å². The molecular formula is C19H27N5O4. The number of para-hydroxylation sites is 1. The van der Waals surface area contributed by atoms with Crippen LogP contribution in [0, 0.1) is 0 Å². The Bertz CT molecular complexity index is 855. The lowest BCUT2D eigenvalue weighted by Crippen LogP contribution is -2.54. The van der Waals surface area contributed by atoms with Crippen LogP contribution in [0.1, 0.15) is 33.3 Å². The van der Waals surface area contributed by atoms with Crippen molar-refractivity contribution >= 4 is 28.8 Å². The lowest BCUT2D eigenvalue weighted by atomic mass is 10.0. The van der Waals surface area contributed by atoms with E-state index in [0.717, 1.165) is 16.5 Å². The zero-order valence-electron chi connectivity index (χ0n) is 16.5. The molecule has 0 saturated heterocycles. The van der Waals surface area contributed by atoms with Crippen molar-refractivity contribution < 1.29 is 19.1 Å². The number of aromatic nitrogens is 1. The molecule has 0 unspecified atom stereocenters. The summed E-state index contributed by atoms with van der Waals surface area (Å²) in [7, 11) is 0. The quantitative estimate of drug-likeness (QED) is 0.286. The maximum Gasteiger partial charge on any atom is 0.408 e. The van der Waals surface area contributed by atoms with Gasteiger partial charge in [-0.2, -0.15) is 0 Å². The number of benzene rings is 1. The average molecular weight is 389 g/mol. The molecule has 6 N–H and O–H groups in total. The van der Waals surface area contributed by atoms with Crippen molar-refractivity contribution in [3.05, 3.63) is 36.0 Å². The molecule has 0 aliphatic rings. The minimum atomic E-state index is -0.943. The minimum Gasteiger partial charge on any atom is -0.444 e. The highest BCUT2D eigenvalue weighted by molar-refractivity contribution is 5.92. The highest BCUT2D eigenvalue weighted by Crippen LogP contribution is 2.19. The summed E-state index contributed by atoms with van der Waals surface area (Å²) < 4.78 is 5.26. The summed E-state index contributed by atoms with van der Waals surface area (Å²) in [6, 6.07) is 5.84. The lowest BCUT2D eigenvalue weighted by Gasteiger charge is -2.24. The van der Waals surface area contributed by atoms with Crippen molar-refractivity contribution in [2.75, 3.05) is 0 Å². The van der Waals surface area contributed by atoms with Crippen LogP contribution in [-0.2, 0) is 20.7 Å². The number of nitrogens with two attached hydrogens (primary N) is 1. The molecule has 9 heteroatoms. The van der Waals surface area contributed by atoms with Crippen LogP contribution in [0.4, 0.5) is 4.79 Å². The third-order valence-corrected chi connectivity index (χ3v) is 4.00. The van der Waals surface area contributed by atoms with Crippen LogP contribution in [0.2, 0.25) is 0 Å². The van der Waals surface area contributed by atoms with Gasteiger partial charge in [0.2, 0.25) is 5.91 Å². The number of hydrazine groups is 1. The van der Waals surface area contributed by atoms with Crippen LogP contribution in [0.3, 0.4) is 0 Å². The number of H-pyrrole nitrogens is 1. The summed E-state index contributed by atoms with van der Waals surface area (Å²) >= 11 is 0. The largest absolute Gasteiger partial charge is 0.444 e. The Morgan fingerprint density at radius 3 is 2.46 bits per heavy atom. The summed E-state index contributed by atoms with van der Waals surface area (Å²) in [6.45, 7) is 6.69. The number of ether oxygens (including phenoxy) is 1. The van der Waals surface area contributed by atoms with Gasteiger partial charge in [0, 0.05) is 23.5 Å². The summed E-state index contributed by atoms with van der Waals surface area (Å²) in [4.78, 5) is 39.7. The van der Waals surface area contributed by atoms with Crippen LogP contribution in [0.25, 0.3) is 10.9 Å². The number of aromatic amines is 1. The first-order chi connectivity index (χ1) is 13.1. The number of rotatable bonds is 6. The van der Waals surface area contributed by atoms with Gasteiger partial charge in [0.25, 0.3) is 5.91 Å². The number of nitrogens with one attached hydrogen (secondary N) is 4. The summed E-state index contributed by atoms with van der Waals surface area (Å²) in [5.74, 6) is 4.04. The number of alkyl carbamates (subject to hydrolysis) is 1. The normalized spacial score (nSPS) is 13.5. The fraction of sp³-hybridized carbons (Fsp3) is 0.421. The van der Waals surface area contributed by atoms with E-state index in [0.29, 0.717) is 0 Å². The Hall–Kier alpha value is -3.07. The van der Waals surface area contributed by atoms with Crippen LogP contribution in [0.5, 0.6) is 0 Å². The monoisotopic (exact) mass is 389 g/mol. The Morgan fingerprint density at radius 2 is 1.82 bits per heavy atom. The fourth-order valence-corrected chi connectivity index (χ4v) is 2.68. The van der Waals surface area contributed by atoms with Gasteiger partial charge in [-0.15, -0.1) is 0 Å². The van der Waals surface area contributed by atoms with Crippen molar-refractivity contribution in [3.63, 3.8) is 0 Å².